The van der Waals surface area contributed by atoms with E-state index < -0.39 is 11.9 Å². The molecule has 20 heavy (non-hydrogen) atoms. The zero-order valence-electron chi connectivity index (χ0n) is 10.6. The lowest BCUT2D eigenvalue weighted by molar-refractivity contribution is -0.141. The van der Waals surface area contributed by atoms with Crippen LogP contribution in [-0.2, 0) is 6.18 Å². The summed E-state index contributed by atoms with van der Waals surface area (Å²) >= 11 is 0. The van der Waals surface area contributed by atoms with E-state index in [9.17, 15) is 13.2 Å². The van der Waals surface area contributed by atoms with Crippen molar-refractivity contribution in [3.8, 4) is 11.7 Å². The lowest BCUT2D eigenvalue weighted by Gasteiger charge is -2.09. The Balaban J connectivity index is 2.35. The van der Waals surface area contributed by atoms with E-state index in [-0.39, 0.29) is 17.4 Å². The first-order chi connectivity index (χ1) is 9.43. The normalized spacial score (nSPS) is 11.6. The molecule has 0 radical (unpaired) electrons. The van der Waals surface area contributed by atoms with Crippen LogP contribution in [0.25, 0.3) is 5.82 Å². The first-order valence-electron chi connectivity index (χ1n) is 5.80. The number of nitrogens with zero attached hydrogens (tertiary/aromatic N) is 4. The van der Waals surface area contributed by atoms with Gasteiger partial charge in [-0.2, -0.15) is 23.3 Å². The molecule has 0 aliphatic heterocycles. The maximum absolute atomic E-state index is 12.5. The number of nitrogen functional groups attached to an aromatic ring is 1. The highest BCUT2D eigenvalue weighted by atomic mass is 19.4. The zero-order chi connectivity index (χ0) is 14.8. The highest BCUT2D eigenvalue weighted by Gasteiger charge is 2.34. The van der Waals surface area contributed by atoms with Crippen LogP contribution >= 0.6 is 0 Å². The summed E-state index contributed by atoms with van der Waals surface area (Å²) < 4.78 is 43.7. The summed E-state index contributed by atoms with van der Waals surface area (Å²) in [7, 11) is 0. The summed E-state index contributed by atoms with van der Waals surface area (Å²) in [5.74, 6) is 0.169. The van der Waals surface area contributed by atoms with Gasteiger partial charge in [-0.15, -0.1) is 0 Å². The largest absolute Gasteiger partial charge is 0.476 e. The van der Waals surface area contributed by atoms with Crippen LogP contribution in [-0.4, -0.2) is 26.4 Å². The van der Waals surface area contributed by atoms with Crippen molar-refractivity contribution in [2.75, 3.05) is 12.3 Å². The molecule has 2 heterocycles. The predicted octanol–water partition coefficient (Wildman–Crippen LogP) is 2.05. The minimum atomic E-state index is -4.52. The quantitative estimate of drug-likeness (QED) is 0.931. The molecule has 2 N–H and O–H groups in total. The molecule has 108 valence electrons. The van der Waals surface area contributed by atoms with E-state index >= 15 is 0 Å². The molecular formula is C11H12F3N5O. The van der Waals surface area contributed by atoms with Gasteiger partial charge in [0.1, 0.15) is 12.0 Å². The first-order valence-corrected chi connectivity index (χ1v) is 5.80. The number of ether oxygens (including phenoxy) is 1. The fourth-order valence-corrected chi connectivity index (χ4v) is 1.46. The van der Waals surface area contributed by atoms with Crippen molar-refractivity contribution < 1.29 is 17.9 Å². The third-order valence-corrected chi connectivity index (χ3v) is 2.37. The van der Waals surface area contributed by atoms with Gasteiger partial charge >= 0.3 is 6.18 Å². The third-order valence-electron chi connectivity index (χ3n) is 2.37. The van der Waals surface area contributed by atoms with Gasteiger partial charge in [-0.1, -0.05) is 6.92 Å². The number of nitrogens with two attached hydrogens (primary N) is 1. The molecule has 0 aliphatic rings. The minimum absolute atomic E-state index is 0.0396. The maximum atomic E-state index is 12.5. The number of hydrogen-bond donors (Lipinski definition) is 1. The second-order valence-electron chi connectivity index (χ2n) is 3.91. The van der Waals surface area contributed by atoms with Crippen LogP contribution in [0.5, 0.6) is 5.88 Å². The van der Waals surface area contributed by atoms with Gasteiger partial charge in [0, 0.05) is 6.20 Å². The highest BCUT2D eigenvalue weighted by molar-refractivity contribution is 5.59. The van der Waals surface area contributed by atoms with Gasteiger partial charge in [0.25, 0.3) is 0 Å². The Morgan fingerprint density at radius 2 is 2.10 bits per heavy atom. The average Bonchev–Trinajstić information content (AvgIpc) is 2.87. The van der Waals surface area contributed by atoms with Crippen molar-refractivity contribution in [1.29, 1.82) is 0 Å². The maximum Gasteiger partial charge on any atom is 0.435 e. The van der Waals surface area contributed by atoms with E-state index in [0.717, 1.165) is 29.7 Å². The van der Waals surface area contributed by atoms with Gasteiger partial charge in [-0.3, -0.25) is 0 Å². The monoisotopic (exact) mass is 287 g/mol. The molecule has 0 saturated carbocycles. The van der Waals surface area contributed by atoms with Crippen molar-refractivity contribution in [3.63, 3.8) is 0 Å². The van der Waals surface area contributed by atoms with Gasteiger partial charge in [0.2, 0.25) is 5.88 Å². The summed E-state index contributed by atoms with van der Waals surface area (Å²) in [6.07, 6.45) is -1.48. The van der Waals surface area contributed by atoms with E-state index in [1.165, 1.54) is 0 Å². The molecular weight excluding hydrogens is 275 g/mol. The Morgan fingerprint density at radius 1 is 1.35 bits per heavy atom. The summed E-state index contributed by atoms with van der Waals surface area (Å²) in [4.78, 5) is 7.67. The Bertz CT molecular complexity index is 596. The zero-order valence-corrected chi connectivity index (χ0v) is 10.6. The second-order valence-corrected chi connectivity index (χ2v) is 3.91. The van der Waals surface area contributed by atoms with Crippen molar-refractivity contribution in [2.45, 2.75) is 19.5 Å². The first kappa shape index (κ1) is 14.1. The average molecular weight is 287 g/mol. The van der Waals surface area contributed by atoms with Crippen molar-refractivity contribution in [1.82, 2.24) is 19.7 Å². The smallest absolute Gasteiger partial charge is 0.435 e. The number of halogens is 3. The molecule has 0 spiro atoms. The van der Waals surface area contributed by atoms with E-state index in [4.69, 9.17) is 10.5 Å². The van der Waals surface area contributed by atoms with Gasteiger partial charge in [-0.25, -0.2) is 9.67 Å². The standard InChI is InChI=1S/C11H12F3N5O/c1-2-5-20-10-8(15)9(16-6-17-10)19-4-3-7(18-19)11(12,13)14/h3-4,6H,2,5,15H2,1H3. The van der Waals surface area contributed by atoms with Crippen molar-refractivity contribution in [2.24, 2.45) is 0 Å². The van der Waals surface area contributed by atoms with Crippen LogP contribution in [0.4, 0.5) is 18.9 Å². The minimum Gasteiger partial charge on any atom is -0.476 e. The molecule has 2 aromatic rings. The van der Waals surface area contributed by atoms with Crippen LogP contribution < -0.4 is 10.5 Å². The molecule has 0 amide bonds. The number of hydrogen-bond acceptors (Lipinski definition) is 5. The van der Waals surface area contributed by atoms with Crippen LogP contribution in [0, 0.1) is 0 Å². The lowest BCUT2D eigenvalue weighted by Crippen LogP contribution is -2.10. The molecule has 9 heteroatoms. The van der Waals surface area contributed by atoms with E-state index in [0.29, 0.717) is 6.61 Å². The van der Waals surface area contributed by atoms with Gasteiger partial charge in [0.15, 0.2) is 11.5 Å². The molecule has 2 rings (SSSR count). The number of alkyl halides is 3. The number of rotatable bonds is 4. The van der Waals surface area contributed by atoms with E-state index in [1.807, 2.05) is 6.92 Å². The summed E-state index contributed by atoms with van der Waals surface area (Å²) in [6.45, 7) is 2.30. The highest BCUT2D eigenvalue weighted by Crippen LogP contribution is 2.29. The van der Waals surface area contributed by atoms with Gasteiger partial charge in [-0.05, 0) is 12.5 Å². The molecule has 0 saturated heterocycles. The van der Waals surface area contributed by atoms with Crippen molar-refractivity contribution >= 4 is 5.69 Å². The second kappa shape index (κ2) is 5.35. The fourth-order valence-electron chi connectivity index (χ4n) is 1.46. The molecule has 0 aromatic carbocycles. The Labute approximate surface area is 112 Å². The summed E-state index contributed by atoms with van der Waals surface area (Å²) in [5, 5.41) is 3.40. The molecule has 2 aromatic heterocycles. The van der Waals surface area contributed by atoms with Gasteiger partial charge in [0.05, 0.1) is 6.61 Å². The molecule has 0 fully saturated rings. The SMILES string of the molecule is CCCOc1ncnc(-n2ccc(C(F)(F)F)n2)c1N. The molecule has 0 aliphatic carbocycles. The molecule has 0 unspecified atom stereocenters. The molecule has 0 atom stereocenters. The van der Waals surface area contributed by atoms with Gasteiger partial charge < -0.3 is 10.5 Å². The summed E-state index contributed by atoms with van der Waals surface area (Å²) in [6, 6.07) is 0.841. The van der Waals surface area contributed by atoms with Crippen LogP contribution in [0.1, 0.15) is 19.0 Å². The third kappa shape index (κ3) is 2.81. The predicted molar refractivity (Wildman–Crippen MR) is 64.4 cm³/mol. The Hall–Kier alpha value is -2.32. The van der Waals surface area contributed by atoms with Crippen LogP contribution in [0.15, 0.2) is 18.6 Å². The van der Waals surface area contributed by atoms with Crippen LogP contribution in [0.3, 0.4) is 0 Å². The molecule has 6 nitrogen and oxygen atoms in total. The number of anilines is 1. The summed E-state index contributed by atoms with van der Waals surface area (Å²) in [5.41, 5.74) is 4.80. The van der Waals surface area contributed by atoms with Crippen molar-refractivity contribution in [3.05, 3.63) is 24.3 Å². The van der Waals surface area contributed by atoms with E-state index in [2.05, 4.69) is 15.1 Å². The topological polar surface area (TPSA) is 78.9 Å². The Kier molecular flexibility index (Phi) is 3.77. The molecule has 0 bridgehead atoms. The fraction of sp³-hybridized carbons (Fsp3) is 0.364. The number of aromatic nitrogens is 4. The Morgan fingerprint density at radius 3 is 2.70 bits per heavy atom. The lowest BCUT2D eigenvalue weighted by atomic mass is 10.4. The van der Waals surface area contributed by atoms with E-state index in [1.54, 1.807) is 0 Å². The van der Waals surface area contributed by atoms with Crippen LogP contribution in [0.2, 0.25) is 0 Å².